The van der Waals surface area contributed by atoms with Crippen LogP contribution in [0.4, 0.5) is 0 Å². The zero-order valence-corrected chi connectivity index (χ0v) is 10.4. The summed E-state index contributed by atoms with van der Waals surface area (Å²) in [6.07, 6.45) is 0.117. The molecule has 6 nitrogen and oxygen atoms in total. The minimum atomic E-state index is -3.55. The number of nitrogens with zero attached hydrogens (tertiary/aromatic N) is 2. The Morgan fingerprint density at radius 2 is 1.94 bits per heavy atom. The first-order valence-electron chi connectivity index (χ1n) is 5.08. The maximum absolute atomic E-state index is 11.5. The Balaban J connectivity index is 4.00. The van der Waals surface area contributed by atoms with Gasteiger partial charge in [-0.15, -0.1) is 0 Å². The molecule has 1 amide bonds. The van der Waals surface area contributed by atoms with E-state index >= 15 is 0 Å². The predicted molar refractivity (Wildman–Crippen MR) is 59.9 cm³/mol. The number of nitrogens with one attached hydrogen (secondary N) is 1. The van der Waals surface area contributed by atoms with E-state index in [2.05, 4.69) is 4.72 Å². The largest absolute Gasteiger partial charge is 0.343 e. The van der Waals surface area contributed by atoms with Gasteiger partial charge in [0.05, 0.1) is 6.07 Å². The number of nitriles is 1. The summed E-state index contributed by atoms with van der Waals surface area (Å²) < 4.78 is 24.3. The summed E-state index contributed by atoms with van der Waals surface area (Å²) in [4.78, 5) is 13.1. The molecule has 0 saturated carbocycles. The molecule has 0 radical (unpaired) electrons. The number of carbonyl (C=O) groups is 1. The third kappa shape index (κ3) is 5.68. The van der Waals surface area contributed by atoms with Crippen molar-refractivity contribution in [3.63, 3.8) is 0 Å². The van der Waals surface area contributed by atoms with Crippen molar-refractivity contribution < 1.29 is 13.2 Å². The molecule has 7 heteroatoms. The summed E-state index contributed by atoms with van der Waals surface area (Å²) >= 11 is 0. The highest BCUT2D eigenvalue weighted by molar-refractivity contribution is 7.89. The number of rotatable bonds is 7. The van der Waals surface area contributed by atoms with Crippen LogP contribution in [0.5, 0.6) is 0 Å². The molecular formula is C9H17N3O3S. The van der Waals surface area contributed by atoms with Gasteiger partial charge in [-0.25, -0.2) is 13.1 Å². The Kier molecular flexibility index (Phi) is 6.69. The molecule has 0 spiro atoms. The van der Waals surface area contributed by atoms with Crippen LogP contribution < -0.4 is 4.72 Å². The van der Waals surface area contributed by atoms with Crippen molar-refractivity contribution in [3.05, 3.63) is 0 Å². The van der Waals surface area contributed by atoms with E-state index in [1.807, 2.05) is 13.8 Å². The highest BCUT2D eigenvalue weighted by atomic mass is 32.2. The lowest BCUT2D eigenvalue weighted by Gasteiger charge is -2.18. The first kappa shape index (κ1) is 14.9. The molecule has 0 aromatic rings. The number of carbonyl (C=O) groups excluding carboxylic acids is 1. The molecule has 0 heterocycles. The van der Waals surface area contributed by atoms with E-state index in [1.165, 1.54) is 0 Å². The lowest BCUT2D eigenvalue weighted by atomic mass is 10.3. The standard InChI is InChI=1S/C9H17N3O3S/c1-3-12(4-2)9(13)5-7-11-16(14,15)8-6-10/h11H,3-5,7-8H2,1-2H3. The zero-order chi connectivity index (χ0) is 12.6. The molecule has 0 rings (SSSR count). The molecule has 0 aliphatic carbocycles. The SMILES string of the molecule is CCN(CC)C(=O)CCNS(=O)(=O)CC#N. The molecular weight excluding hydrogens is 230 g/mol. The molecule has 0 aliphatic heterocycles. The summed E-state index contributed by atoms with van der Waals surface area (Å²) in [5, 5.41) is 8.23. The van der Waals surface area contributed by atoms with E-state index in [0.29, 0.717) is 13.1 Å². The van der Waals surface area contributed by atoms with Crippen LogP contribution >= 0.6 is 0 Å². The highest BCUT2D eigenvalue weighted by Crippen LogP contribution is 1.93. The van der Waals surface area contributed by atoms with Gasteiger partial charge in [-0.2, -0.15) is 5.26 Å². The Labute approximate surface area is 96.3 Å². The molecule has 0 aromatic carbocycles. The molecule has 0 aliphatic rings. The van der Waals surface area contributed by atoms with Gasteiger partial charge < -0.3 is 4.90 Å². The second kappa shape index (κ2) is 7.19. The molecule has 1 N–H and O–H groups in total. The summed E-state index contributed by atoms with van der Waals surface area (Å²) in [5.74, 6) is -0.670. The summed E-state index contributed by atoms with van der Waals surface area (Å²) in [5.41, 5.74) is 0. The summed E-state index contributed by atoms with van der Waals surface area (Å²) in [7, 11) is -3.55. The molecule has 0 bridgehead atoms. The van der Waals surface area contributed by atoms with Gasteiger partial charge in [0.1, 0.15) is 0 Å². The lowest BCUT2D eigenvalue weighted by molar-refractivity contribution is -0.130. The van der Waals surface area contributed by atoms with E-state index in [-0.39, 0.29) is 18.9 Å². The number of sulfonamides is 1. The van der Waals surface area contributed by atoms with Crippen molar-refractivity contribution in [1.82, 2.24) is 9.62 Å². The smallest absolute Gasteiger partial charge is 0.225 e. The fourth-order valence-corrected chi connectivity index (χ4v) is 1.87. The van der Waals surface area contributed by atoms with Crippen molar-refractivity contribution in [2.75, 3.05) is 25.4 Å². The molecule has 0 atom stereocenters. The average Bonchev–Trinajstić information content (AvgIpc) is 2.19. The van der Waals surface area contributed by atoms with E-state index < -0.39 is 15.8 Å². The molecule has 0 saturated heterocycles. The maximum Gasteiger partial charge on any atom is 0.225 e. The van der Waals surface area contributed by atoms with Crippen molar-refractivity contribution >= 4 is 15.9 Å². The fraction of sp³-hybridized carbons (Fsp3) is 0.778. The van der Waals surface area contributed by atoms with Crippen molar-refractivity contribution in [2.45, 2.75) is 20.3 Å². The van der Waals surface area contributed by atoms with Gasteiger partial charge in [0, 0.05) is 26.1 Å². The topological polar surface area (TPSA) is 90.3 Å². The monoisotopic (exact) mass is 247 g/mol. The summed E-state index contributed by atoms with van der Waals surface area (Å²) in [6.45, 7) is 4.99. The van der Waals surface area contributed by atoms with Crippen LogP contribution in [0.3, 0.4) is 0 Å². The van der Waals surface area contributed by atoms with Crippen molar-refractivity contribution in [1.29, 1.82) is 5.26 Å². The van der Waals surface area contributed by atoms with Crippen LogP contribution in [0.2, 0.25) is 0 Å². The van der Waals surface area contributed by atoms with Gasteiger partial charge in [-0.3, -0.25) is 4.79 Å². The van der Waals surface area contributed by atoms with Crippen LogP contribution in [0.15, 0.2) is 0 Å². The van der Waals surface area contributed by atoms with Gasteiger partial charge in [0.15, 0.2) is 5.75 Å². The van der Waals surface area contributed by atoms with E-state index in [0.717, 1.165) is 0 Å². The first-order valence-corrected chi connectivity index (χ1v) is 6.74. The van der Waals surface area contributed by atoms with E-state index in [9.17, 15) is 13.2 Å². The second-order valence-corrected chi connectivity index (χ2v) is 4.93. The highest BCUT2D eigenvalue weighted by Gasteiger charge is 2.12. The normalized spacial score (nSPS) is 10.8. The minimum Gasteiger partial charge on any atom is -0.343 e. The zero-order valence-electron chi connectivity index (χ0n) is 9.56. The first-order chi connectivity index (χ1) is 7.46. The molecule has 0 aromatic heterocycles. The van der Waals surface area contributed by atoms with Crippen LogP contribution in [0.1, 0.15) is 20.3 Å². The third-order valence-electron chi connectivity index (χ3n) is 2.03. The Bertz CT molecular complexity index is 355. The number of amides is 1. The van der Waals surface area contributed by atoms with Gasteiger partial charge in [-0.1, -0.05) is 0 Å². The van der Waals surface area contributed by atoms with Gasteiger partial charge >= 0.3 is 0 Å². The van der Waals surface area contributed by atoms with Crippen molar-refractivity contribution in [3.8, 4) is 6.07 Å². The average molecular weight is 247 g/mol. The lowest BCUT2D eigenvalue weighted by Crippen LogP contribution is -2.34. The predicted octanol–water partition coefficient (Wildman–Crippen LogP) is -0.312. The van der Waals surface area contributed by atoms with Gasteiger partial charge in [-0.05, 0) is 13.8 Å². The third-order valence-corrected chi connectivity index (χ3v) is 3.18. The summed E-state index contributed by atoms with van der Waals surface area (Å²) in [6, 6.07) is 1.55. The number of hydrogen-bond donors (Lipinski definition) is 1. The fourth-order valence-electron chi connectivity index (χ4n) is 1.18. The Morgan fingerprint density at radius 3 is 2.38 bits per heavy atom. The van der Waals surface area contributed by atoms with E-state index in [4.69, 9.17) is 5.26 Å². The van der Waals surface area contributed by atoms with Gasteiger partial charge in [0.2, 0.25) is 15.9 Å². The second-order valence-electron chi connectivity index (χ2n) is 3.13. The Hall–Kier alpha value is -1.13. The Morgan fingerprint density at radius 1 is 1.38 bits per heavy atom. The maximum atomic E-state index is 11.5. The van der Waals surface area contributed by atoms with E-state index in [1.54, 1.807) is 11.0 Å². The molecule has 16 heavy (non-hydrogen) atoms. The van der Waals surface area contributed by atoms with Crippen molar-refractivity contribution in [2.24, 2.45) is 0 Å². The molecule has 92 valence electrons. The molecule has 0 fully saturated rings. The van der Waals surface area contributed by atoms with Gasteiger partial charge in [0.25, 0.3) is 0 Å². The quantitative estimate of drug-likeness (QED) is 0.668. The van der Waals surface area contributed by atoms with Crippen LogP contribution in [0.25, 0.3) is 0 Å². The minimum absolute atomic E-state index is 0.0410. The number of hydrogen-bond acceptors (Lipinski definition) is 4. The van der Waals surface area contributed by atoms with Crippen LogP contribution in [0, 0.1) is 11.3 Å². The molecule has 0 unspecified atom stereocenters. The van der Waals surface area contributed by atoms with Crippen LogP contribution in [-0.4, -0.2) is 44.6 Å². The van der Waals surface area contributed by atoms with Crippen LogP contribution in [-0.2, 0) is 14.8 Å².